The van der Waals surface area contributed by atoms with E-state index in [1.807, 2.05) is 6.92 Å². The maximum Gasteiger partial charge on any atom is 0.198 e. The molecule has 0 saturated carbocycles. The summed E-state index contributed by atoms with van der Waals surface area (Å²) in [6, 6.07) is 3.50. The highest BCUT2D eigenvalue weighted by Gasteiger charge is 2.40. The summed E-state index contributed by atoms with van der Waals surface area (Å²) in [4.78, 5) is 25.8. The second-order valence-electron chi connectivity index (χ2n) is 6.78. The van der Waals surface area contributed by atoms with Gasteiger partial charge in [0, 0.05) is 16.7 Å². The van der Waals surface area contributed by atoms with Gasteiger partial charge in [0.1, 0.15) is 17.2 Å². The summed E-state index contributed by atoms with van der Waals surface area (Å²) in [5, 5.41) is 40.9. The number of benzene rings is 2. The number of rotatable bonds is 0. The molecule has 4 N–H and O–H groups in total. The molecule has 0 radical (unpaired) electrons. The van der Waals surface area contributed by atoms with Gasteiger partial charge in [-0.1, -0.05) is 6.92 Å². The maximum atomic E-state index is 13.0. The van der Waals surface area contributed by atoms with Crippen LogP contribution in [-0.4, -0.2) is 32.0 Å². The fourth-order valence-electron chi connectivity index (χ4n) is 3.97. The van der Waals surface area contributed by atoms with Crippen LogP contribution in [0.15, 0.2) is 18.2 Å². The smallest absolute Gasteiger partial charge is 0.198 e. The predicted molar refractivity (Wildman–Crippen MR) is 87.2 cm³/mol. The molecule has 0 saturated heterocycles. The summed E-state index contributed by atoms with van der Waals surface area (Å²) in [5.74, 6) is -2.15. The highest BCUT2D eigenvalue weighted by Crippen LogP contribution is 2.46. The number of aliphatic hydroxyl groups is 1. The SMILES string of the molecule is C[C@H]1Cc2c(O)cc3c(c2[C@@H](O)C1)C(=O)c1c(O)ccc(O)c1C3=O. The van der Waals surface area contributed by atoms with Crippen LogP contribution >= 0.6 is 0 Å². The largest absolute Gasteiger partial charge is 0.508 e. The number of hydrogen-bond donors (Lipinski definition) is 4. The van der Waals surface area contributed by atoms with Gasteiger partial charge in [0.25, 0.3) is 0 Å². The van der Waals surface area contributed by atoms with E-state index in [9.17, 15) is 30.0 Å². The standard InChI is InChI=1S/C19H16O6/c1-7-4-8-12(22)6-9-15(14(8)13(23)5-7)19(25)17-11(21)3-2-10(20)16(17)18(9)24/h2-3,6-7,13,20-23H,4-5H2,1H3/t7-,13-/m0/s1. The van der Waals surface area contributed by atoms with Crippen molar-refractivity contribution in [3.05, 3.63) is 51.6 Å². The van der Waals surface area contributed by atoms with Gasteiger partial charge in [-0.15, -0.1) is 0 Å². The molecule has 0 fully saturated rings. The fourth-order valence-corrected chi connectivity index (χ4v) is 3.97. The first kappa shape index (κ1) is 15.7. The number of carbonyl (C=O) groups is 2. The predicted octanol–water partition coefficient (Wildman–Crippen LogP) is 2.19. The molecule has 0 bridgehead atoms. The van der Waals surface area contributed by atoms with E-state index in [1.165, 1.54) is 6.07 Å². The van der Waals surface area contributed by atoms with Crippen molar-refractivity contribution in [2.24, 2.45) is 5.92 Å². The zero-order valence-corrected chi connectivity index (χ0v) is 13.4. The van der Waals surface area contributed by atoms with Gasteiger partial charge in [-0.05, 0) is 42.5 Å². The van der Waals surface area contributed by atoms with E-state index in [4.69, 9.17) is 0 Å². The summed E-state index contributed by atoms with van der Waals surface area (Å²) in [5.41, 5.74) is 0.0923. The lowest BCUT2D eigenvalue weighted by Crippen LogP contribution is -2.27. The monoisotopic (exact) mass is 340 g/mol. The Kier molecular flexibility index (Phi) is 3.17. The molecule has 6 nitrogen and oxygen atoms in total. The van der Waals surface area contributed by atoms with Gasteiger partial charge in [-0.2, -0.15) is 0 Å². The van der Waals surface area contributed by atoms with Crippen molar-refractivity contribution in [3.8, 4) is 17.2 Å². The molecule has 0 aromatic heterocycles. The minimum absolute atomic E-state index is 0.00519. The average Bonchev–Trinajstić information content (AvgIpc) is 2.55. The van der Waals surface area contributed by atoms with Gasteiger partial charge in [-0.3, -0.25) is 9.59 Å². The van der Waals surface area contributed by atoms with E-state index in [0.29, 0.717) is 18.4 Å². The second-order valence-corrected chi connectivity index (χ2v) is 6.78. The molecule has 0 spiro atoms. The number of ketones is 2. The zero-order valence-electron chi connectivity index (χ0n) is 13.4. The Morgan fingerprint density at radius 1 is 0.920 bits per heavy atom. The number of aliphatic hydroxyl groups excluding tert-OH is 1. The first-order chi connectivity index (χ1) is 11.8. The van der Waals surface area contributed by atoms with Crippen LogP contribution in [0.4, 0.5) is 0 Å². The lowest BCUT2D eigenvalue weighted by molar-refractivity contribution is 0.0960. The summed E-state index contributed by atoms with van der Waals surface area (Å²) in [7, 11) is 0. The Morgan fingerprint density at radius 3 is 2.16 bits per heavy atom. The topological polar surface area (TPSA) is 115 Å². The summed E-state index contributed by atoms with van der Waals surface area (Å²) in [6.45, 7) is 1.93. The average molecular weight is 340 g/mol. The van der Waals surface area contributed by atoms with Gasteiger partial charge in [0.05, 0.1) is 17.2 Å². The van der Waals surface area contributed by atoms with Gasteiger partial charge in [0.2, 0.25) is 0 Å². The van der Waals surface area contributed by atoms with Crippen molar-refractivity contribution in [1.29, 1.82) is 0 Å². The Bertz CT molecular complexity index is 959. The van der Waals surface area contributed by atoms with Crippen molar-refractivity contribution >= 4 is 11.6 Å². The van der Waals surface area contributed by atoms with E-state index < -0.39 is 29.2 Å². The van der Waals surface area contributed by atoms with E-state index in [1.54, 1.807) is 0 Å². The molecule has 0 aliphatic heterocycles. The van der Waals surface area contributed by atoms with Crippen molar-refractivity contribution in [2.45, 2.75) is 25.9 Å². The highest BCUT2D eigenvalue weighted by molar-refractivity contribution is 6.31. The first-order valence-corrected chi connectivity index (χ1v) is 8.02. The van der Waals surface area contributed by atoms with Crippen LogP contribution in [0.3, 0.4) is 0 Å². The summed E-state index contributed by atoms with van der Waals surface area (Å²) < 4.78 is 0. The van der Waals surface area contributed by atoms with Crippen LogP contribution in [0.2, 0.25) is 0 Å². The fraction of sp³-hybridized carbons (Fsp3) is 0.263. The molecule has 0 heterocycles. The second kappa shape index (κ2) is 5.07. The molecule has 4 rings (SSSR count). The number of hydrogen-bond acceptors (Lipinski definition) is 6. The van der Waals surface area contributed by atoms with Crippen molar-refractivity contribution in [2.75, 3.05) is 0 Å². The number of phenols is 3. The molecule has 128 valence electrons. The summed E-state index contributed by atoms with van der Waals surface area (Å²) in [6.07, 6.45) is -0.105. The number of fused-ring (bicyclic) bond motifs is 4. The Labute approximate surface area is 143 Å². The van der Waals surface area contributed by atoms with Crippen LogP contribution in [0.5, 0.6) is 17.2 Å². The molecule has 0 unspecified atom stereocenters. The minimum atomic E-state index is -0.989. The Balaban J connectivity index is 2.08. The molecule has 2 aliphatic carbocycles. The Morgan fingerprint density at radius 2 is 1.52 bits per heavy atom. The first-order valence-electron chi connectivity index (χ1n) is 8.02. The van der Waals surface area contributed by atoms with Crippen LogP contribution in [-0.2, 0) is 6.42 Å². The quantitative estimate of drug-likeness (QED) is 0.466. The van der Waals surface area contributed by atoms with Crippen LogP contribution < -0.4 is 0 Å². The molecule has 2 aromatic rings. The molecule has 2 aliphatic rings. The number of carbonyl (C=O) groups excluding carboxylic acids is 2. The number of aromatic hydroxyl groups is 3. The van der Waals surface area contributed by atoms with E-state index >= 15 is 0 Å². The summed E-state index contributed by atoms with van der Waals surface area (Å²) >= 11 is 0. The van der Waals surface area contributed by atoms with Crippen molar-refractivity contribution in [1.82, 2.24) is 0 Å². The lowest BCUT2D eigenvalue weighted by Gasteiger charge is -2.31. The van der Waals surface area contributed by atoms with Gasteiger partial charge in [0.15, 0.2) is 11.6 Å². The molecule has 6 heteroatoms. The minimum Gasteiger partial charge on any atom is -0.508 e. The third-order valence-electron chi connectivity index (χ3n) is 5.05. The zero-order chi connectivity index (χ0) is 18.0. The molecular formula is C19H16O6. The van der Waals surface area contributed by atoms with Gasteiger partial charge in [-0.25, -0.2) is 0 Å². The third-order valence-corrected chi connectivity index (χ3v) is 5.05. The van der Waals surface area contributed by atoms with E-state index in [-0.39, 0.29) is 39.5 Å². The lowest BCUT2D eigenvalue weighted by atomic mass is 9.73. The highest BCUT2D eigenvalue weighted by atomic mass is 16.3. The number of phenolic OH excluding ortho intramolecular Hbond substituents is 3. The molecular weight excluding hydrogens is 324 g/mol. The third kappa shape index (κ3) is 2.01. The van der Waals surface area contributed by atoms with Crippen LogP contribution in [0.25, 0.3) is 0 Å². The molecule has 2 aromatic carbocycles. The Hall–Kier alpha value is -2.86. The molecule has 0 amide bonds. The van der Waals surface area contributed by atoms with Crippen LogP contribution in [0.1, 0.15) is 62.4 Å². The molecule has 2 atom stereocenters. The van der Waals surface area contributed by atoms with Gasteiger partial charge < -0.3 is 20.4 Å². The maximum absolute atomic E-state index is 13.0. The van der Waals surface area contributed by atoms with Gasteiger partial charge >= 0.3 is 0 Å². The van der Waals surface area contributed by atoms with Crippen LogP contribution in [0, 0.1) is 5.92 Å². The molecule has 25 heavy (non-hydrogen) atoms. The van der Waals surface area contributed by atoms with Crippen molar-refractivity contribution in [3.63, 3.8) is 0 Å². The van der Waals surface area contributed by atoms with E-state index in [0.717, 1.165) is 12.1 Å². The van der Waals surface area contributed by atoms with E-state index in [2.05, 4.69) is 0 Å². The van der Waals surface area contributed by atoms with Crippen molar-refractivity contribution < 1.29 is 30.0 Å². The normalized spacial score (nSPS) is 21.5.